The van der Waals surface area contributed by atoms with E-state index in [0.29, 0.717) is 6.54 Å². The zero-order valence-electron chi connectivity index (χ0n) is 17.1. The van der Waals surface area contributed by atoms with Gasteiger partial charge < -0.3 is 35.8 Å². The van der Waals surface area contributed by atoms with Crippen LogP contribution in [0.1, 0.15) is 27.2 Å². The maximum Gasteiger partial charge on any atom is 0.173 e. The number of aliphatic hydroxyl groups excluding tert-OH is 4. The predicted molar refractivity (Wildman–Crippen MR) is 109 cm³/mol. The Morgan fingerprint density at radius 3 is 1.85 bits per heavy atom. The largest absolute Gasteiger partial charge is 0.394 e. The molecule has 0 saturated carbocycles. The lowest BCUT2D eigenvalue weighted by molar-refractivity contribution is -0.253. The van der Waals surface area contributed by atoms with Crippen molar-refractivity contribution in [1.29, 1.82) is 0 Å². The van der Waals surface area contributed by atoms with E-state index >= 15 is 0 Å². The highest BCUT2D eigenvalue weighted by atomic mass is 35.5. The summed E-state index contributed by atoms with van der Waals surface area (Å²) in [5.74, 6) is 1.11. The minimum atomic E-state index is -2.75. The summed E-state index contributed by atoms with van der Waals surface area (Å²) in [6.45, 7) is 6.75. The van der Waals surface area contributed by atoms with Gasteiger partial charge in [-0.05, 0) is 20.0 Å². The van der Waals surface area contributed by atoms with E-state index in [0.717, 1.165) is 5.92 Å². The van der Waals surface area contributed by atoms with Gasteiger partial charge in [0.1, 0.15) is 28.1 Å². The summed E-state index contributed by atoms with van der Waals surface area (Å²) in [4.78, 5) is 0. The van der Waals surface area contributed by atoms with E-state index in [2.05, 4.69) is 31.4 Å². The van der Waals surface area contributed by atoms with Gasteiger partial charge >= 0.3 is 0 Å². The lowest BCUT2D eigenvalue weighted by Gasteiger charge is -2.39. The van der Waals surface area contributed by atoms with Crippen molar-refractivity contribution in [3.63, 3.8) is 0 Å². The first-order chi connectivity index (χ1) is 11.9. The summed E-state index contributed by atoms with van der Waals surface area (Å²) in [6.07, 6.45) is -1.96. The Kier molecular flexibility index (Phi) is 19.8. The summed E-state index contributed by atoms with van der Waals surface area (Å²) in [6, 6.07) is -0.738. The maximum absolute atomic E-state index is 10.4. The lowest BCUT2D eigenvalue weighted by Crippen LogP contribution is -2.62. The molecule has 0 bridgehead atoms. The highest BCUT2D eigenvalue weighted by molar-refractivity contribution is 7.90. The number of rotatable bonds is 6. The molecule has 11 heteroatoms. The maximum atomic E-state index is 10.4. The fourth-order valence-electron chi connectivity index (χ4n) is 1.70. The summed E-state index contributed by atoms with van der Waals surface area (Å²) >= 11 is 0. The molecule has 0 aromatic carbocycles. The number of hydrogen-bond donors (Lipinski definition) is 6. The van der Waals surface area contributed by atoms with E-state index < -0.39 is 47.1 Å². The van der Waals surface area contributed by atoms with Crippen LogP contribution in [0.5, 0.6) is 0 Å². The molecule has 0 aromatic heterocycles. The van der Waals surface area contributed by atoms with Gasteiger partial charge in [0, 0.05) is 12.8 Å². The molecule has 0 spiro atoms. The number of hydrogen-bond acceptors (Lipinski definition) is 9. The molecule has 0 aliphatic carbocycles. The number of likely N-dealkylation sites (N-methyl/N-ethyl adjacent to an activating group) is 1. The monoisotopic (exact) mass is 438 g/mol. The van der Waals surface area contributed by atoms with E-state index in [9.17, 15) is 23.7 Å². The molecule has 0 amide bonds. The van der Waals surface area contributed by atoms with Gasteiger partial charge in [0.05, 0.1) is 18.4 Å². The molecule has 5 unspecified atom stereocenters. The van der Waals surface area contributed by atoms with Crippen molar-refractivity contribution in [2.45, 2.75) is 57.8 Å². The topological polar surface area (TPSA) is 148 Å². The number of aliphatic hydroxyl groups is 4. The van der Waals surface area contributed by atoms with Crippen molar-refractivity contribution in [2.75, 3.05) is 39.3 Å². The van der Waals surface area contributed by atoms with E-state index in [4.69, 9.17) is 9.84 Å². The normalized spacial score (nSPS) is 27.6. The Bertz CT molecular complexity index is 440. The van der Waals surface area contributed by atoms with E-state index in [1.165, 1.54) is 19.7 Å². The molecule has 0 aromatic rings. The second-order valence-corrected chi connectivity index (χ2v) is 8.84. The molecule has 0 radical (unpaired) electrons. The van der Waals surface area contributed by atoms with E-state index in [1.54, 1.807) is 7.05 Å². The number of ether oxygens (including phenoxy) is 1. The van der Waals surface area contributed by atoms with Crippen LogP contribution in [0.25, 0.3) is 0 Å². The van der Waals surface area contributed by atoms with Gasteiger partial charge in [-0.2, -0.15) is 0 Å². The molecular formula is C16H39ClN2O7S. The Balaban J connectivity index is -0.000000355. The molecule has 1 aliphatic heterocycles. The third kappa shape index (κ3) is 15.5. The molecule has 9 nitrogen and oxygen atoms in total. The smallest absolute Gasteiger partial charge is 0.173 e. The average molecular weight is 439 g/mol. The lowest BCUT2D eigenvalue weighted by atomic mass is 9.97. The van der Waals surface area contributed by atoms with Crippen LogP contribution in [0, 0.1) is 5.92 Å². The van der Waals surface area contributed by atoms with Crippen LogP contribution in [-0.2, 0) is 14.6 Å². The van der Waals surface area contributed by atoms with Gasteiger partial charge in [0.25, 0.3) is 0 Å². The van der Waals surface area contributed by atoms with Gasteiger partial charge in [0.2, 0.25) is 0 Å². The summed E-state index contributed by atoms with van der Waals surface area (Å²) in [5, 5.41) is 42.2. The van der Waals surface area contributed by atoms with Crippen molar-refractivity contribution in [3.05, 3.63) is 0 Å². The molecule has 27 heavy (non-hydrogen) atoms. The Labute approximate surface area is 169 Å². The summed E-state index contributed by atoms with van der Waals surface area (Å²) in [5.41, 5.74) is 0. The molecule has 1 fully saturated rings. The standard InChI is InChI=1S/C7H15NO5.C5H12.C4H11NO2S.ClH/c1-8-4-6(11)5(10)3(2-9)13-7(4)12;1-4-5(2)3;1-5-3-4-8(2,6)7;/h3-12H,2H2,1H3;5H,4H2,1-3H3;5H,3-4H2,1-2H3;1H. The fourth-order valence-corrected chi connectivity index (χ4v) is 2.27. The zero-order chi connectivity index (χ0) is 20.9. The first-order valence-electron chi connectivity index (χ1n) is 8.75. The van der Waals surface area contributed by atoms with Crippen LogP contribution >= 0.6 is 12.4 Å². The predicted octanol–water partition coefficient (Wildman–Crippen LogP) is -1.27. The molecule has 1 saturated heterocycles. The Morgan fingerprint density at radius 2 is 1.59 bits per heavy atom. The van der Waals surface area contributed by atoms with Crippen LogP contribution in [0.2, 0.25) is 0 Å². The van der Waals surface area contributed by atoms with Gasteiger partial charge in [-0.3, -0.25) is 0 Å². The van der Waals surface area contributed by atoms with Crippen molar-refractivity contribution in [3.8, 4) is 0 Å². The van der Waals surface area contributed by atoms with Crippen molar-refractivity contribution < 1.29 is 33.6 Å². The Morgan fingerprint density at radius 1 is 1.11 bits per heavy atom. The molecule has 168 valence electrons. The first-order valence-corrected chi connectivity index (χ1v) is 10.8. The average Bonchev–Trinajstić information content (AvgIpc) is 2.57. The van der Waals surface area contributed by atoms with Crippen molar-refractivity contribution in [1.82, 2.24) is 10.6 Å². The molecule has 6 N–H and O–H groups in total. The van der Waals surface area contributed by atoms with Gasteiger partial charge in [0.15, 0.2) is 6.29 Å². The minimum Gasteiger partial charge on any atom is -0.394 e. The minimum absolute atomic E-state index is 0. The van der Waals surface area contributed by atoms with E-state index in [-0.39, 0.29) is 18.2 Å². The highest BCUT2D eigenvalue weighted by Crippen LogP contribution is 2.19. The third-order valence-corrected chi connectivity index (χ3v) is 4.72. The highest BCUT2D eigenvalue weighted by Gasteiger charge is 2.42. The molecule has 5 atom stereocenters. The number of halogens is 1. The molecule has 1 heterocycles. The molecular weight excluding hydrogens is 400 g/mol. The van der Waals surface area contributed by atoms with Crippen molar-refractivity contribution in [2.24, 2.45) is 5.92 Å². The zero-order valence-corrected chi connectivity index (χ0v) is 18.8. The van der Waals surface area contributed by atoms with Crippen LogP contribution < -0.4 is 10.6 Å². The van der Waals surface area contributed by atoms with Crippen molar-refractivity contribution >= 4 is 22.2 Å². The quantitative estimate of drug-likeness (QED) is 0.298. The molecule has 1 aliphatic rings. The second kappa shape index (κ2) is 16.9. The SMILES string of the molecule is CCC(C)C.CNC1C(O)OC(CO)C(O)C1O.CNCCS(C)(=O)=O.Cl. The third-order valence-electron chi connectivity index (χ3n) is 3.77. The second-order valence-electron chi connectivity index (χ2n) is 6.58. The molecule has 1 rings (SSSR count). The van der Waals surface area contributed by atoms with Crippen LogP contribution in [-0.4, -0.2) is 98.7 Å². The number of sulfone groups is 1. The van der Waals surface area contributed by atoms with Crippen LogP contribution in [0.15, 0.2) is 0 Å². The number of nitrogens with one attached hydrogen (secondary N) is 2. The van der Waals surface area contributed by atoms with Gasteiger partial charge in [-0.25, -0.2) is 8.42 Å². The summed E-state index contributed by atoms with van der Waals surface area (Å²) in [7, 11) is 0.513. The van der Waals surface area contributed by atoms with Gasteiger partial charge in [-0.1, -0.05) is 27.2 Å². The van der Waals surface area contributed by atoms with Crippen LogP contribution in [0.4, 0.5) is 0 Å². The fraction of sp³-hybridized carbons (Fsp3) is 1.00. The van der Waals surface area contributed by atoms with E-state index in [1.807, 2.05) is 0 Å². The van der Waals surface area contributed by atoms with Gasteiger partial charge in [-0.15, -0.1) is 12.4 Å². The summed E-state index contributed by atoms with van der Waals surface area (Å²) < 4.78 is 25.6. The Hall–Kier alpha value is -0.0400. The first kappa shape index (κ1) is 31.6. The van der Waals surface area contributed by atoms with Crippen LogP contribution in [0.3, 0.4) is 0 Å².